The molecular formula is C23H23N3O3S3. The van der Waals surface area contributed by atoms with Crippen molar-refractivity contribution in [1.82, 2.24) is 14.9 Å². The van der Waals surface area contributed by atoms with Gasteiger partial charge in [0.15, 0.2) is 5.16 Å². The molecule has 0 saturated heterocycles. The smallest absolute Gasteiger partial charge is 0.263 e. The van der Waals surface area contributed by atoms with Crippen molar-refractivity contribution in [2.75, 3.05) is 7.11 Å². The predicted octanol–water partition coefficient (Wildman–Crippen LogP) is 5.01. The first-order chi connectivity index (χ1) is 15.5. The van der Waals surface area contributed by atoms with Gasteiger partial charge in [0.1, 0.15) is 10.6 Å². The van der Waals surface area contributed by atoms with Crippen LogP contribution in [0.4, 0.5) is 0 Å². The highest BCUT2D eigenvalue weighted by molar-refractivity contribution is 8.00. The molecule has 0 radical (unpaired) electrons. The van der Waals surface area contributed by atoms with Gasteiger partial charge in [-0.05, 0) is 43.0 Å². The Balaban J connectivity index is 1.52. The minimum Gasteiger partial charge on any atom is -0.497 e. The molecule has 4 aromatic rings. The van der Waals surface area contributed by atoms with E-state index in [4.69, 9.17) is 9.72 Å². The van der Waals surface area contributed by atoms with Crippen LogP contribution in [-0.2, 0) is 17.9 Å². The largest absolute Gasteiger partial charge is 0.497 e. The number of hydrogen-bond acceptors (Lipinski definition) is 7. The van der Waals surface area contributed by atoms with Crippen molar-refractivity contribution < 1.29 is 9.53 Å². The molecule has 0 fully saturated rings. The Morgan fingerprint density at radius 1 is 1.25 bits per heavy atom. The summed E-state index contributed by atoms with van der Waals surface area (Å²) < 4.78 is 6.82. The van der Waals surface area contributed by atoms with Gasteiger partial charge < -0.3 is 10.1 Å². The molecule has 166 valence electrons. The molecular weight excluding hydrogens is 462 g/mol. The number of amides is 1. The van der Waals surface area contributed by atoms with Crippen LogP contribution >= 0.6 is 34.4 Å². The van der Waals surface area contributed by atoms with Gasteiger partial charge in [-0.25, -0.2) is 4.98 Å². The van der Waals surface area contributed by atoms with Crippen LogP contribution in [0.1, 0.15) is 19.4 Å². The number of nitrogens with zero attached hydrogens (tertiary/aromatic N) is 2. The highest BCUT2D eigenvalue weighted by atomic mass is 32.2. The zero-order chi connectivity index (χ0) is 22.7. The normalized spacial score (nSPS) is 12.1. The van der Waals surface area contributed by atoms with E-state index in [2.05, 4.69) is 5.32 Å². The number of fused-ring (bicyclic) bond motifs is 1. The highest BCUT2D eigenvalue weighted by Gasteiger charge is 2.21. The van der Waals surface area contributed by atoms with E-state index in [9.17, 15) is 9.59 Å². The van der Waals surface area contributed by atoms with Crippen molar-refractivity contribution in [1.29, 1.82) is 0 Å². The summed E-state index contributed by atoms with van der Waals surface area (Å²) in [4.78, 5) is 32.5. The summed E-state index contributed by atoms with van der Waals surface area (Å²) in [5.41, 5.74) is 1.86. The Kier molecular flexibility index (Phi) is 6.98. The summed E-state index contributed by atoms with van der Waals surface area (Å²) in [7, 11) is 1.62. The second-order valence-corrected chi connectivity index (χ2v) is 10.2. The maximum Gasteiger partial charge on any atom is 0.263 e. The lowest BCUT2D eigenvalue weighted by molar-refractivity contribution is -0.120. The molecule has 1 unspecified atom stereocenters. The monoisotopic (exact) mass is 485 g/mol. The first kappa shape index (κ1) is 22.6. The van der Waals surface area contributed by atoms with Gasteiger partial charge in [0.2, 0.25) is 5.91 Å². The lowest BCUT2D eigenvalue weighted by atomic mass is 10.2. The molecule has 3 aromatic heterocycles. The molecule has 1 aromatic carbocycles. The van der Waals surface area contributed by atoms with Gasteiger partial charge in [-0.1, -0.05) is 30.0 Å². The molecule has 0 aliphatic carbocycles. The van der Waals surface area contributed by atoms with E-state index in [1.807, 2.05) is 61.0 Å². The molecule has 32 heavy (non-hydrogen) atoms. The average Bonchev–Trinajstić information content (AvgIpc) is 3.48. The minimum absolute atomic E-state index is 0.0597. The third kappa shape index (κ3) is 4.60. The first-order valence-corrected chi connectivity index (χ1v) is 12.8. The zero-order valence-electron chi connectivity index (χ0n) is 18.0. The van der Waals surface area contributed by atoms with E-state index < -0.39 is 5.25 Å². The lowest BCUT2D eigenvalue weighted by Crippen LogP contribution is -2.31. The van der Waals surface area contributed by atoms with Crippen molar-refractivity contribution in [2.45, 2.75) is 37.3 Å². The SMILES string of the molecule is CCn1c(SC(C)C(=O)NCc2ccc(OC)cc2)nc2scc(-c3cccs3)c2c1=O. The minimum atomic E-state index is -0.396. The van der Waals surface area contributed by atoms with Gasteiger partial charge in [-0.15, -0.1) is 22.7 Å². The Hall–Kier alpha value is -2.62. The van der Waals surface area contributed by atoms with E-state index in [-0.39, 0.29) is 11.5 Å². The molecule has 0 saturated carbocycles. The number of ether oxygens (including phenoxy) is 1. The maximum atomic E-state index is 13.3. The molecule has 3 heterocycles. The molecule has 6 nitrogen and oxygen atoms in total. The number of thioether (sulfide) groups is 1. The van der Waals surface area contributed by atoms with E-state index in [0.717, 1.165) is 21.8 Å². The number of rotatable bonds is 8. The average molecular weight is 486 g/mol. The van der Waals surface area contributed by atoms with Crippen LogP contribution in [0.2, 0.25) is 0 Å². The third-order valence-electron chi connectivity index (χ3n) is 5.04. The fourth-order valence-corrected chi connectivity index (χ4v) is 6.08. The van der Waals surface area contributed by atoms with E-state index in [0.29, 0.717) is 28.5 Å². The van der Waals surface area contributed by atoms with E-state index in [1.165, 1.54) is 23.1 Å². The molecule has 9 heteroatoms. The summed E-state index contributed by atoms with van der Waals surface area (Å²) in [5, 5.41) is 7.77. The Morgan fingerprint density at radius 3 is 2.69 bits per heavy atom. The van der Waals surface area contributed by atoms with Crippen LogP contribution in [0.25, 0.3) is 20.7 Å². The van der Waals surface area contributed by atoms with Gasteiger partial charge in [-0.2, -0.15) is 0 Å². The van der Waals surface area contributed by atoms with Crippen molar-refractivity contribution in [3.05, 3.63) is 63.1 Å². The Bertz CT molecular complexity index is 1280. The summed E-state index contributed by atoms with van der Waals surface area (Å²) in [6.07, 6.45) is 0. The fourth-order valence-electron chi connectivity index (χ4n) is 3.28. The molecule has 1 amide bonds. The summed E-state index contributed by atoms with van der Waals surface area (Å²) >= 11 is 4.38. The molecule has 0 aliphatic heterocycles. The van der Waals surface area contributed by atoms with Gasteiger partial charge in [-0.3, -0.25) is 14.2 Å². The van der Waals surface area contributed by atoms with Crippen LogP contribution in [0.3, 0.4) is 0 Å². The quantitative estimate of drug-likeness (QED) is 0.280. The fraction of sp³-hybridized carbons (Fsp3) is 0.261. The van der Waals surface area contributed by atoms with Crippen LogP contribution in [-0.4, -0.2) is 27.8 Å². The number of thiophene rings is 2. The van der Waals surface area contributed by atoms with Gasteiger partial charge in [0, 0.05) is 28.9 Å². The number of hydrogen-bond donors (Lipinski definition) is 1. The summed E-state index contributed by atoms with van der Waals surface area (Å²) in [6.45, 7) is 4.67. The Morgan fingerprint density at radius 2 is 2.03 bits per heavy atom. The highest BCUT2D eigenvalue weighted by Crippen LogP contribution is 2.35. The number of nitrogens with one attached hydrogen (secondary N) is 1. The van der Waals surface area contributed by atoms with Crippen molar-refractivity contribution in [3.63, 3.8) is 0 Å². The third-order valence-corrected chi connectivity index (χ3v) is 7.90. The first-order valence-electron chi connectivity index (χ1n) is 10.1. The van der Waals surface area contributed by atoms with E-state index >= 15 is 0 Å². The molecule has 0 aliphatic rings. The van der Waals surface area contributed by atoms with Crippen LogP contribution in [0, 0.1) is 0 Å². The summed E-state index contributed by atoms with van der Waals surface area (Å²) in [6, 6.07) is 11.6. The molecule has 1 N–H and O–H groups in total. The van der Waals surface area contributed by atoms with Gasteiger partial charge in [0.25, 0.3) is 5.56 Å². The van der Waals surface area contributed by atoms with Crippen LogP contribution in [0.15, 0.2) is 57.1 Å². The number of methoxy groups -OCH3 is 1. The van der Waals surface area contributed by atoms with Crippen LogP contribution in [0.5, 0.6) is 5.75 Å². The molecule has 0 spiro atoms. The maximum absolute atomic E-state index is 13.3. The topological polar surface area (TPSA) is 73.2 Å². The molecule has 1 atom stereocenters. The van der Waals surface area contributed by atoms with Crippen molar-refractivity contribution in [2.24, 2.45) is 0 Å². The zero-order valence-corrected chi connectivity index (χ0v) is 20.4. The summed E-state index contributed by atoms with van der Waals surface area (Å²) in [5.74, 6) is 0.673. The van der Waals surface area contributed by atoms with Gasteiger partial charge >= 0.3 is 0 Å². The Labute approximate surface area is 198 Å². The number of carbonyl (C=O) groups is 1. The van der Waals surface area contributed by atoms with E-state index in [1.54, 1.807) is 23.0 Å². The van der Waals surface area contributed by atoms with Gasteiger partial charge in [0.05, 0.1) is 17.7 Å². The molecule has 4 rings (SSSR count). The number of aromatic nitrogens is 2. The van der Waals surface area contributed by atoms with Crippen LogP contribution < -0.4 is 15.6 Å². The lowest BCUT2D eigenvalue weighted by Gasteiger charge is -2.15. The number of carbonyl (C=O) groups excluding carboxylic acids is 1. The molecule has 0 bridgehead atoms. The predicted molar refractivity (Wildman–Crippen MR) is 133 cm³/mol. The second kappa shape index (κ2) is 9.89. The van der Waals surface area contributed by atoms with Crippen molar-refractivity contribution >= 4 is 50.6 Å². The standard InChI is InChI=1S/C23H23N3O3S3/c1-4-26-22(28)19-17(18-6-5-11-30-18)13-31-21(19)25-23(26)32-14(2)20(27)24-12-15-7-9-16(29-3)10-8-15/h5-11,13-14H,4,12H2,1-3H3,(H,24,27). The second-order valence-electron chi connectivity index (χ2n) is 7.08. The number of benzene rings is 1. The van der Waals surface area contributed by atoms with Crippen molar-refractivity contribution in [3.8, 4) is 16.2 Å².